The van der Waals surface area contributed by atoms with Gasteiger partial charge in [0.1, 0.15) is 38.2 Å². The van der Waals surface area contributed by atoms with Crippen molar-refractivity contribution >= 4 is 10.9 Å². The number of rotatable bonds is 10. The van der Waals surface area contributed by atoms with Gasteiger partial charge in [-0.05, 0) is 42.0 Å². The predicted molar refractivity (Wildman–Crippen MR) is 111 cm³/mol. The van der Waals surface area contributed by atoms with Gasteiger partial charge in [0.05, 0.1) is 13.7 Å². The number of hydrogen-bond acceptors (Lipinski definition) is 5. The third-order valence-corrected chi connectivity index (χ3v) is 5.36. The molecule has 1 unspecified atom stereocenters. The first-order chi connectivity index (χ1) is 14.1. The molecule has 0 fully saturated rings. The minimum absolute atomic E-state index is 0.232. The molecule has 1 atom stereocenters. The number of quaternary nitrogens is 1. The van der Waals surface area contributed by atoms with Gasteiger partial charge in [0.2, 0.25) is 0 Å². The highest BCUT2D eigenvalue weighted by molar-refractivity contribution is 5.87. The van der Waals surface area contributed by atoms with Gasteiger partial charge < -0.3 is 35.0 Å². The van der Waals surface area contributed by atoms with E-state index in [2.05, 4.69) is 10.6 Å². The Kier molecular flexibility index (Phi) is 6.89. The first kappa shape index (κ1) is 21.3. The van der Waals surface area contributed by atoms with Crippen LogP contribution in [0.25, 0.3) is 22.2 Å². The van der Waals surface area contributed by atoms with Crippen LogP contribution >= 0.6 is 0 Å². The lowest BCUT2D eigenvalue weighted by Crippen LogP contribution is -3.01. The van der Waals surface area contributed by atoms with Crippen molar-refractivity contribution in [2.24, 2.45) is 0 Å². The molecule has 3 aromatic rings. The second kappa shape index (κ2) is 9.39. The van der Waals surface area contributed by atoms with E-state index in [-0.39, 0.29) is 26.4 Å². The van der Waals surface area contributed by atoms with Crippen molar-refractivity contribution in [3.8, 4) is 17.0 Å². The summed E-state index contributed by atoms with van der Waals surface area (Å²) in [5.74, 6) is 0.777. The fraction of sp³-hybridized carbons (Fsp3) is 0.364. The molecular weight excluding hydrogens is 372 g/mol. The maximum absolute atomic E-state index is 10.7. The van der Waals surface area contributed by atoms with Crippen LogP contribution in [0.15, 0.2) is 54.6 Å². The molecule has 0 saturated carbocycles. The molecule has 0 aliphatic carbocycles. The van der Waals surface area contributed by atoms with Crippen LogP contribution in [0.1, 0.15) is 0 Å². The molecule has 156 valence electrons. The average Bonchev–Trinajstić information content (AvgIpc) is 3.13. The van der Waals surface area contributed by atoms with Crippen molar-refractivity contribution in [2.75, 3.05) is 33.5 Å². The minimum atomic E-state index is -1.10. The molecule has 0 spiro atoms. The second-order valence-electron chi connectivity index (χ2n) is 7.36. The lowest BCUT2D eigenvalue weighted by atomic mass is 10.0. The van der Waals surface area contributed by atoms with Gasteiger partial charge in [-0.3, -0.25) is 0 Å². The SMILES string of the molecule is COc1ccc(-c2cc3ccccc3n2CC(O)C[NH2+]C(CO)(CO)CO)cc1. The summed E-state index contributed by atoms with van der Waals surface area (Å²) in [5, 5.41) is 41.8. The molecule has 7 heteroatoms. The number of para-hydroxylation sites is 1. The molecule has 0 saturated heterocycles. The van der Waals surface area contributed by atoms with E-state index in [9.17, 15) is 20.4 Å². The molecule has 0 aliphatic rings. The Hall–Kier alpha value is -2.42. The molecule has 0 bridgehead atoms. The highest BCUT2D eigenvalue weighted by atomic mass is 16.5. The van der Waals surface area contributed by atoms with Gasteiger partial charge in [0.15, 0.2) is 5.54 Å². The number of hydrogen-bond donors (Lipinski definition) is 5. The molecule has 1 aromatic heterocycles. The van der Waals surface area contributed by atoms with Gasteiger partial charge in [-0.2, -0.15) is 0 Å². The fourth-order valence-corrected chi connectivity index (χ4v) is 3.42. The van der Waals surface area contributed by atoms with Gasteiger partial charge in [-0.1, -0.05) is 18.2 Å². The molecule has 2 aromatic carbocycles. The molecule has 6 N–H and O–H groups in total. The standard InChI is InChI=1S/C22H28N2O5/c1-29-19-8-6-16(7-9-19)21-10-17-4-2-3-5-20(17)24(21)12-18(28)11-23-22(13-25,14-26)15-27/h2-10,18,23,25-28H,11-15H2,1H3/p+1. The van der Waals surface area contributed by atoms with Crippen molar-refractivity contribution in [2.45, 2.75) is 18.2 Å². The molecule has 0 amide bonds. The Balaban J connectivity index is 1.87. The first-order valence-corrected chi connectivity index (χ1v) is 9.63. The van der Waals surface area contributed by atoms with Gasteiger partial charge >= 0.3 is 0 Å². The summed E-state index contributed by atoms with van der Waals surface area (Å²) in [7, 11) is 1.63. The van der Waals surface area contributed by atoms with E-state index in [1.54, 1.807) is 12.4 Å². The number of nitrogens with zero attached hydrogens (tertiary/aromatic N) is 1. The third-order valence-electron chi connectivity index (χ3n) is 5.36. The van der Waals surface area contributed by atoms with E-state index in [0.717, 1.165) is 27.9 Å². The quantitative estimate of drug-likeness (QED) is 0.327. The number of ether oxygens (including phenoxy) is 1. The number of fused-ring (bicyclic) bond motifs is 1. The van der Waals surface area contributed by atoms with Crippen LogP contribution in [-0.4, -0.2) is 70.1 Å². The molecule has 3 rings (SSSR count). The van der Waals surface area contributed by atoms with Crippen LogP contribution in [0.5, 0.6) is 5.75 Å². The number of nitrogens with two attached hydrogens (primary N) is 1. The number of aromatic nitrogens is 1. The second-order valence-corrected chi connectivity index (χ2v) is 7.36. The summed E-state index contributed by atoms with van der Waals surface area (Å²) >= 11 is 0. The van der Waals surface area contributed by atoms with E-state index >= 15 is 0 Å². The van der Waals surface area contributed by atoms with Gasteiger partial charge in [-0.25, -0.2) is 0 Å². The summed E-state index contributed by atoms with van der Waals surface area (Å²) in [6, 6.07) is 17.8. The van der Waals surface area contributed by atoms with Crippen molar-refractivity contribution in [3.05, 3.63) is 54.6 Å². The molecule has 7 nitrogen and oxygen atoms in total. The number of aliphatic hydroxyl groups is 4. The van der Waals surface area contributed by atoms with Crippen molar-refractivity contribution in [1.82, 2.24) is 4.57 Å². The van der Waals surface area contributed by atoms with Crippen LogP contribution in [0.3, 0.4) is 0 Å². The largest absolute Gasteiger partial charge is 0.497 e. The molecule has 1 heterocycles. The van der Waals surface area contributed by atoms with E-state index < -0.39 is 11.6 Å². The maximum atomic E-state index is 10.7. The summed E-state index contributed by atoms with van der Waals surface area (Å²) in [6.07, 6.45) is -0.744. The van der Waals surface area contributed by atoms with E-state index in [4.69, 9.17) is 4.74 Å². The van der Waals surface area contributed by atoms with Crippen molar-refractivity contribution in [3.63, 3.8) is 0 Å². The lowest BCUT2D eigenvalue weighted by Gasteiger charge is -2.26. The van der Waals surface area contributed by atoms with Gasteiger partial charge in [-0.15, -0.1) is 0 Å². The average molecular weight is 401 g/mol. The Morgan fingerprint density at radius 3 is 2.28 bits per heavy atom. The summed E-state index contributed by atoms with van der Waals surface area (Å²) in [6.45, 7) is -0.567. The van der Waals surface area contributed by atoms with Crippen LogP contribution < -0.4 is 10.1 Å². The van der Waals surface area contributed by atoms with Crippen LogP contribution in [-0.2, 0) is 6.54 Å². The third kappa shape index (κ3) is 4.60. The zero-order valence-corrected chi connectivity index (χ0v) is 16.5. The van der Waals surface area contributed by atoms with E-state index in [0.29, 0.717) is 6.54 Å². The van der Waals surface area contributed by atoms with Crippen LogP contribution in [0, 0.1) is 0 Å². The topological polar surface area (TPSA) is 112 Å². The highest BCUT2D eigenvalue weighted by Crippen LogP contribution is 2.29. The Labute approximate surface area is 169 Å². The maximum Gasteiger partial charge on any atom is 0.166 e. The lowest BCUT2D eigenvalue weighted by molar-refractivity contribution is -0.737. The van der Waals surface area contributed by atoms with Crippen molar-refractivity contribution in [1.29, 1.82) is 0 Å². The monoisotopic (exact) mass is 401 g/mol. The summed E-state index contributed by atoms with van der Waals surface area (Å²) in [5.41, 5.74) is 1.90. The fourth-order valence-electron chi connectivity index (χ4n) is 3.42. The minimum Gasteiger partial charge on any atom is -0.497 e. The molecule has 0 aliphatic heterocycles. The first-order valence-electron chi connectivity index (χ1n) is 9.63. The van der Waals surface area contributed by atoms with Crippen LogP contribution in [0.2, 0.25) is 0 Å². The highest BCUT2D eigenvalue weighted by Gasteiger charge is 2.32. The summed E-state index contributed by atoms with van der Waals surface area (Å²) in [4.78, 5) is 0. The zero-order chi connectivity index (χ0) is 20.9. The smallest absolute Gasteiger partial charge is 0.166 e. The number of aliphatic hydroxyl groups excluding tert-OH is 4. The van der Waals surface area contributed by atoms with Gasteiger partial charge in [0, 0.05) is 16.6 Å². The Bertz CT molecular complexity index is 910. The Morgan fingerprint density at radius 2 is 1.66 bits per heavy atom. The molecule has 0 radical (unpaired) electrons. The van der Waals surface area contributed by atoms with E-state index in [1.807, 2.05) is 48.5 Å². The Morgan fingerprint density at radius 1 is 1.00 bits per heavy atom. The number of benzene rings is 2. The normalized spacial score (nSPS) is 13.0. The van der Waals surface area contributed by atoms with Crippen molar-refractivity contribution < 1.29 is 30.5 Å². The van der Waals surface area contributed by atoms with Crippen LogP contribution in [0.4, 0.5) is 0 Å². The number of methoxy groups -OCH3 is 1. The van der Waals surface area contributed by atoms with E-state index in [1.165, 1.54) is 0 Å². The molecular formula is C22H29N2O5+. The predicted octanol–water partition coefficient (Wildman–Crippen LogP) is -0.0431. The zero-order valence-electron chi connectivity index (χ0n) is 16.5. The van der Waals surface area contributed by atoms with Gasteiger partial charge in [0.25, 0.3) is 0 Å². The summed E-state index contributed by atoms with van der Waals surface area (Å²) < 4.78 is 7.31. The molecule has 29 heavy (non-hydrogen) atoms.